The molecule has 0 aliphatic carbocycles. The molecule has 7 heteroatoms. The molecule has 3 nitrogen and oxygen atoms in total. The molecule has 2 rings (SSSR count). The molecular formula is C14H12ClF3N2O. The van der Waals surface area contributed by atoms with E-state index in [2.05, 4.69) is 10.3 Å². The van der Waals surface area contributed by atoms with Crippen molar-refractivity contribution in [3.8, 4) is 11.6 Å². The first-order valence-corrected chi connectivity index (χ1v) is 6.42. The molecule has 0 saturated carbocycles. The summed E-state index contributed by atoms with van der Waals surface area (Å²) in [5, 5.41) is 3.32. The van der Waals surface area contributed by atoms with E-state index in [9.17, 15) is 13.2 Å². The molecule has 0 unspecified atom stereocenters. The van der Waals surface area contributed by atoms with Crippen molar-refractivity contribution in [3.05, 3.63) is 52.7 Å². The van der Waals surface area contributed by atoms with Crippen LogP contribution >= 0.6 is 11.6 Å². The van der Waals surface area contributed by atoms with Gasteiger partial charge in [0.2, 0.25) is 5.88 Å². The van der Waals surface area contributed by atoms with Crippen LogP contribution in [0.15, 0.2) is 36.5 Å². The topological polar surface area (TPSA) is 34.1 Å². The van der Waals surface area contributed by atoms with E-state index >= 15 is 0 Å². The van der Waals surface area contributed by atoms with Crippen LogP contribution < -0.4 is 10.1 Å². The van der Waals surface area contributed by atoms with E-state index in [1.165, 1.54) is 30.5 Å². The summed E-state index contributed by atoms with van der Waals surface area (Å²) in [6, 6.07) is 6.48. The first-order chi connectivity index (χ1) is 9.91. The molecule has 1 N–H and O–H groups in total. The average Bonchev–Trinajstić information content (AvgIpc) is 2.42. The number of alkyl halides is 3. The van der Waals surface area contributed by atoms with Gasteiger partial charge in [-0.1, -0.05) is 23.7 Å². The van der Waals surface area contributed by atoms with E-state index in [0.717, 1.165) is 6.07 Å². The number of rotatable bonds is 4. The number of nitrogens with one attached hydrogen (secondary N) is 1. The number of nitrogens with zero attached hydrogens (tertiary/aromatic N) is 1. The van der Waals surface area contributed by atoms with Gasteiger partial charge in [0.05, 0.1) is 10.6 Å². The van der Waals surface area contributed by atoms with Crippen LogP contribution in [0.25, 0.3) is 0 Å². The summed E-state index contributed by atoms with van der Waals surface area (Å²) in [5.74, 6) is -0.239. The molecule has 0 amide bonds. The van der Waals surface area contributed by atoms with E-state index in [1.807, 2.05) is 0 Å². The van der Waals surface area contributed by atoms with Crippen molar-refractivity contribution in [3.63, 3.8) is 0 Å². The Morgan fingerprint density at radius 1 is 1.29 bits per heavy atom. The Bertz CT molecular complexity index is 632. The zero-order chi connectivity index (χ0) is 15.5. The Hall–Kier alpha value is -1.79. The fourth-order valence-corrected chi connectivity index (χ4v) is 1.91. The van der Waals surface area contributed by atoms with Gasteiger partial charge in [-0.05, 0) is 24.7 Å². The lowest BCUT2D eigenvalue weighted by Gasteiger charge is -2.13. The smallest absolute Gasteiger partial charge is 0.419 e. The van der Waals surface area contributed by atoms with Crippen molar-refractivity contribution < 1.29 is 17.9 Å². The Morgan fingerprint density at radius 3 is 2.67 bits per heavy atom. The van der Waals surface area contributed by atoms with E-state index in [0.29, 0.717) is 17.1 Å². The van der Waals surface area contributed by atoms with Crippen molar-refractivity contribution in [2.45, 2.75) is 12.7 Å². The molecule has 112 valence electrons. The molecule has 1 aromatic heterocycles. The third kappa shape index (κ3) is 3.86. The molecule has 1 aromatic carbocycles. The standard InChI is InChI=1S/C14H12ClF3N2O/c1-19-7-9-6-13(20-8-11(9)15)21-12-5-3-2-4-10(12)14(16,17)18/h2-6,8,19H,7H2,1H3. The summed E-state index contributed by atoms with van der Waals surface area (Å²) in [4.78, 5) is 3.89. The van der Waals surface area contributed by atoms with E-state index < -0.39 is 11.7 Å². The first-order valence-electron chi connectivity index (χ1n) is 6.05. The number of pyridine rings is 1. The van der Waals surface area contributed by atoms with E-state index in [-0.39, 0.29) is 11.6 Å². The van der Waals surface area contributed by atoms with Gasteiger partial charge in [0.25, 0.3) is 0 Å². The summed E-state index contributed by atoms with van der Waals surface area (Å²) < 4.78 is 43.9. The quantitative estimate of drug-likeness (QED) is 0.915. The van der Waals surface area contributed by atoms with Gasteiger partial charge in [-0.2, -0.15) is 13.2 Å². The van der Waals surface area contributed by atoms with Crippen LogP contribution in [-0.4, -0.2) is 12.0 Å². The van der Waals surface area contributed by atoms with Gasteiger partial charge in [-0.15, -0.1) is 0 Å². The second-order valence-corrected chi connectivity index (χ2v) is 4.65. The third-order valence-corrected chi connectivity index (χ3v) is 3.02. The van der Waals surface area contributed by atoms with Crippen molar-refractivity contribution in [2.75, 3.05) is 7.05 Å². The maximum atomic E-state index is 12.9. The molecular weight excluding hydrogens is 305 g/mol. The predicted molar refractivity (Wildman–Crippen MR) is 73.5 cm³/mol. The van der Waals surface area contributed by atoms with Crippen LogP contribution in [0, 0.1) is 0 Å². The van der Waals surface area contributed by atoms with Crippen molar-refractivity contribution in [1.82, 2.24) is 10.3 Å². The van der Waals surface area contributed by atoms with Gasteiger partial charge in [0, 0.05) is 18.8 Å². The van der Waals surface area contributed by atoms with Gasteiger partial charge in [0.15, 0.2) is 0 Å². The molecule has 2 aromatic rings. The van der Waals surface area contributed by atoms with Crippen LogP contribution in [0.2, 0.25) is 5.02 Å². The molecule has 0 fully saturated rings. The lowest BCUT2D eigenvalue weighted by atomic mass is 10.2. The Balaban J connectivity index is 2.33. The van der Waals surface area contributed by atoms with Crippen LogP contribution in [0.3, 0.4) is 0 Å². The zero-order valence-corrected chi connectivity index (χ0v) is 11.8. The monoisotopic (exact) mass is 316 g/mol. The fraction of sp³-hybridized carbons (Fsp3) is 0.214. The molecule has 1 heterocycles. The van der Waals surface area contributed by atoms with Crippen LogP contribution in [0.1, 0.15) is 11.1 Å². The predicted octanol–water partition coefficient (Wildman–Crippen LogP) is 4.27. The number of aromatic nitrogens is 1. The van der Waals surface area contributed by atoms with Gasteiger partial charge in [0.1, 0.15) is 5.75 Å². The fourth-order valence-electron chi connectivity index (χ4n) is 1.74. The highest BCUT2D eigenvalue weighted by Crippen LogP contribution is 2.37. The lowest BCUT2D eigenvalue weighted by molar-refractivity contribution is -0.138. The molecule has 0 atom stereocenters. The molecule has 0 saturated heterocycles. The molecule has 21 heavy (non-hydrogen) atoms. The van der Waals surface area contributed by atoms with Crippen molar-refractivity contribution in [1.29, 1.82) is 0 Å². The number of ether oxygens (including phenoxy) is 1. The summed E-state index contributed by atoms with van der Waals surface area (Å²) in [6.07, 6.45) is -3.14. The van der Waals surface area contributed by atoms with Crippen molar-refractivity contribution in [2.24, 2.45) is 0 Å². The maximum absolute atomic E-state index is 12.9. The highest BCUT2D eigenvalue weighted by atomic mass is 35.5. The minimum atomic E-state index is -4.49. The minimum absolute atomic E-state index is 0.0568. The minimum Gasteiger partial charge on any atom is -0.438 e. The largest absolute Gasteiger partial charge is 0.438 e. The summed E-state index contributed by atoms with van der Waals surface area (Å²) in [7, 11) is 1.73. The average molecular weight is 317 g/mol. The first kappa shape index (κ1) is 15.6. The van der Waals surface area contributed by atoms with Gasteiger partial charge >= 0.3 is 6.18 Å². The van der Waals surface area contributed by atoms with Crippen LogP contribution in [-0.2, 0) is 12.7 Å². The van der Waals surface area contributed by atoms with Gasteiger partial charge < -0.3 is 10.1 Å². The summed E-state index contributed by atoms with van der Waals surface area (Å²) in [6.45, 7) is 0.457. The Kier molecular flexibility index (Phi) is 4.69. The van der Waals surface area contributed by atoms with Gasteiger partial charge in [-0.25, -0.2) is 4.98 Å². The lowest BCUT2D eigenvalue weighted by Crippen LogP contribution is -2.08. The number of para-hydroxylation sites is 1. The maximum Gasteiger partial charge on any atom is 0.419 e. The zero-order valence-electron chi connectivity index (χ0n) is 11.0. The van der Waals surface area contributed by atoms with Gasteiger partial charge in [-0.3, -0.25) is 0 Å². The van der Waals surface area contributed by atoms with E-state index in [4.69, 9.17) is 16.3 Å². The molecule has 0 spiro atoms. The normalized spacial score (nSPS) is 11.5. The Labute approximate surface area is 124 Å². The number of hydrogen-bond acceptors (Lipinski definition) is 3. The molecule has 0 aliphatic rings. The second kappa shape index (κ2) is 6.32. The summed E-state index contributed by atoms with van der Waals surface area (Å²) >= 11 is 5.94. The molecule has 0 bridgehead atoms. The SMILES string of the molecule is CNCc1cc(Oc2ccccc2C(F)(F)F)ncc1Cl. The third-order valence-electron chi connectivity index (χ3n) is 2.68. The Morgan fingerprint density at radius 2 is 2.00 bits per heavy atom. The van der Waals surface area contributed by atoms with E-state index in [1.54, 1.807) is 7.05 Å². The number of benzene rings is 1. The highest BCUT2D eigenvalue weighted by Gasteiger charge is 2.34. The van der Waals surface area contributed by atoms with Crippen LogP contribution in [0.5, 0.6) is 11.6 Å². The van der Waals surface area contributed by atoms with Crippen LogP contribution in [0.4, 0.5) is 13.2 Å². The second-order valence-electron chi connectivity index (χ2n) is 4.24. The number of hydrogen-bond donors (Lipinski definition) is 1. The number of halogens is 4. The van der Waals surface area contributed by atoms with Crippen molar-refractivity contribution >= 4 is 11.6 Å². The highest BCUT2D eigenvalue weighted by molar-refractivity contribution is 6.31. The molecule has 0 radical (unpaired) electrons. The molecule has 0 aliphatic heterocycles. The summed E-state index contributed by atoms with van der Waals surface area (Å²) in [5.41, 5.74) is -0.162.